The molecule has 2 aromatic rings. The second-order valence-corrected chi connectivity index (χ2v) is 3.85. The van der Waals surface area contributed by atoms with Crippen LogP contribution < -0.4 is 5.32 Å². The van der Waals surface area contributed by atoms with E-state index in [4.69, 9.17) is 4.42 Å². The smallest absolute Gasteiger partial charge is 0.236 e. The van der Waals surface area contributed by atoms with Crippen molar-refractivity contribution in [3.8, 4) is 10.8 Å². The lowest BCUT2D eigenvalue weighted by atomic mass is 10.4. The van der Waals surface area contributed by atoms with E-state index in [1.807, 2.05) is 17.5 Å². The van der Waals surface area contributed by atoms with Gasteiger partial charge in [-0.3, -0.25) is 0 Å². The first-order chi connectivity index (χ1) is 6.90. The Morgan fingerprint density at radius 1 is 1.57 bits per heavy atom. The number of rotatable bonds is 4. The maximum atomic E-state index is 5.37. The van der Waals surface area contributed by atoms with E-state index >= 15 is 0 Å². The molecule has 4 heteroatoms. The van der Waals surface area contributed by atoms with Crippen LogP contribution in [0.5, 0.6) is 0 Å². The van der Waals surface area contributed by atoms with Gasteiger partial charge in [-0.15, -0.1) is 11.3 Å². The monoisotopic (exact) mass is 208 g/mol. The predicted octanol–water partition coefficient (Wildman–Crippen LogP) is 2.51. The number of nitrogens with one attached hydrogen (secondary N) is 1. The van der Waals surface area contributed by atoms with Gasteiger partial charge in [0.15, 0.2) is 0 Å². The van der Waals surface area contributed by atoms with Gasteiger partial charge in [-0.1, -0.05) is 13.0 Å². The van der Waals surface area contributed by atoms with Crippen LogP contribution in [-0.4, -0.2) is 11.5 Å². The van der Waals surface area contributed by atoms with Crippen molar-refractivity contribution in [1.82, 2.24) is 10.3 Å². The van der Waals surface area contributed by atoms with Crippen molar-refractivity contribution in [2.75, 3.05) is 6.54 Å². The molecule has 0 atom stereocenters. The molecule has 0 radical (unpaired) electrons. The van der Waals surface area contributed by atoms with Gasteiger partial charge in [0.1, 0.15) is 6.26 Å². The third kappa shape index (κ3) is 2.02. The first-order valence-electron chi connectivity index (χ1n) is 4.59. The van der Waals surface area contributed by atoms with E-state index in [0.29, 0.717) is 5.89 Å². The van der Waals surface area contributed by atoms with Crippen molar-refractivity contribution < 1.29 is 4.42 Å². The molecule has 2 heterocycles. The van der Waals surface area contributed by atoms with Gasteiger partial charge in [0, 0.05) is 6.54 Å². The lowest BCUT2D eigenvalue weighted by molar-refractivity contribution is 0.572. The molecular formula is C10H12N2OS. The standard InChI is InChI=1S/C10H12N2OS/c1-2-11-6-8-7-13-10(12-8)9-4-3-5-14-9/h3-5,7,11H,2,6H2,1H3. The molecule has 2 rings (SSSR count). The van der Waals surface area contributed by atoms with Crippen molar-refractivity contribution in [2.24, 2.45) is 0 Å². The fraction of sp³-hybridized carbons (Fsp3) is 0.300. The van der Waals surface area contributed by atoms with Crippen LogP contribution in [0.4, 0.5) is 0 Å². The number of oxazole rings is 1. The summed E-state index contributed by atoms with van der Waals surface area (Å²) in [5.41, 5.74) is 0.954. The Morgan fingerprint density at radius 2 is 2.50 bits per heavy atom. The molecule has 3 nitrogen and oxygen atoms in total. The Bertz CT molecular complexity index is 380. The highest BCUT2D eigenvalue weighted by Crippen LogP contribution is 2.23. The summed E-state index contributed by atoms with van der Waals surface area (Å²) < 4.78 is 5.37. The molecule has 0 saturated heterocycles. The maximum absolute atomic E-state index is 5.37. The fourth-order valence-electron chi connectivity index (χ4n) is 1.15. The molecule has 0 spiro atoms. The van der Waals surface area contributed by atoms with Crippen LogP contribution in [0, 0.1) is 0 Å². The second kappa shape index (κ2) is 4.39. The van der Waals surface area contributed by atoms with Crippen molar-refractivity contribution in [2.45, 2.75) is 13.5 Å². The molecule has 0 bridgehead atoms. The lowest BCUT2D eigenvalue weighted by Gasteiger charge is -1.93. The Hall–Kier alpha value is -1.13. The SMILES string of the molecule is CCNCc1coc(-c2cccs2)n1. The molecule has 0 amide bonds. The molecule has 0 aliphatic heterocycles. The van der Waals surface area contributed by atoms with Gasteiger partial charge >= 0.3 is 0 Å². The van der Waals surface area contributed by atoms with Gasteiger partial charge < -0.3 is 9.73 Å². The summed E-state index contributed by atoms with van der Waals surface area (Å²) >= 11 is 1.64. The number of hydrogen-bond acceptors (Lipinski definition) is 4. The van der Waals surface area contributed by atoms with Gasteiger partial charge in [0.25, 0.3) is 0 Å². The molecule has 0 aliphatic carbocycles. The van der Waals surface area contributed by atoms with E-state index < -0.39 is 0 Å². The van der Waals surface area contributed by atoms with Crippen LogP contribution in [-0.2, 0) is 6.54 Å². The third-order valence-electron chi connectivity index (χ3n) is 1.84. The average molecular weight is 208 g/mol. The van der Waals surface area contributed by atoms with Gasteiger partial charge in [-0.2, -0.15) is 0 Å². The van der Waals surface area contributed by atoms with Crippen LogP contribution >= 0.6 is 11.3 Å². The fourth-order valence-corrected chi connectivity index (χ4v) is 1.81. The van der Waals surface area contributed by atoms with Gasteiger partial charge in [0.2, 0.25) is 5.89 Å². The molecule has 0 fully saturated rings. The molecule has 0 aromatic carbocycles. The average Bonchev–Trinajstić information content (AvgIpc) is 2.85. The Balaban J connectivity index is 2.10. The minimum Gasteiger partial charge on any atom is -0.444 e. The zero-order valence-electron chi connectivity index (χ0n) is 7.99. The second-order valence-electron chi connectivity index (χ2n) is 2.90. The van der Waals surface area contributed by atoms with Crippen LogP contribution in [0.1, 0.15) is 12.6 Å². The first-order valence-corrected chi connectivity index (χ1v) is 5.47. The van der Waals surface area contributed by atoms with Crippen molar-refractivity contribution in [3.63, 3.8) is 0 Å². The summed E-state index contributed by atoms with van der Waals surface area (Å²) in [6.07, 6.45) is 1.71. The lowest BCUT2D eigenvalue weighted by Crippen LogP contribution is -2.11. The summed E-state index contributed by atoms with van der Waals surface area (Å²) in [6, 6.07) is 4.00. The summed E-state index contributed by atoms with van der Waals surface area (Å²) in [5.74, 6) is 0.716. The van der Waals surface area contributed by atoms with Crippen LogP contribution in [0.25, 0.3) is 10.8 Å². The summed E-state index contributed by atoms with van der Waals surface area (Å²) in [4.78, 5) is 5.45. The number of nitrogens with zero attached hydrogens (tertiary/aromatic N) is 1. The predicted molar refractivity (Wildman–Crippen MR) is 57.2 cm³/mol. The highest BCUT2D eigenvalue weighted by atomic mass is 32.1. The Morgan fingerprint density at radius 3 is 3.21 bits per heavy atom. The normalized spacial score (nSPS) is 10.6. The van der Waals surface area contributed by atoms with E-state index in [-0.39, 0.29) is 0 Å². The van der Waals surface area contributed by atoms with Crippen LogP contribution in [0.2, 0.25) is 0 Å². The van der Waals surface area contributed by atoms with E-state index in [9.17, 15) is 0 Å². The van der Waals surface area contributed by atoms with Crippen molar-refractivity contribution in [3.05, 3.63) is 29.5 Å². The van der Waals surface area contributed by atoms with Crippen molar-refractivity contribution >= 4 is 11.3 Å². The summed E-state index contributed by atoms with van der Waals surface area (Å²) in [7, 11) is 0. The minimum atomic E-state index is 0.716. The van der Waals surface area contributed by atoms with Gasteiger partial charge in [-0.05, 0) is 18.0 Å². The number of aromatic nitrogens is 1. The molecule has 14 heavy (non-hydrogen) atoms. The molecule has 0 aliphatic rings. The summed E-state index contributed by atoms with van der Waals surface area (Å²) in [6.45, 7) is 3.78. The zero-order chi connectivity index (χ0) is 9.80. The molecule has 2 aromatic heterocycles. The Kier molecular flexibility index (Phi) is 2.96. The number of thiophene rings is 1. The van der Waals surface area contributed by atoms with Crippen LogP contribution in [0.15, 0.2) is 28.2 Å². The molecule has 0 unspecified atom stereocenters. The topological polar surface area (TPSA) is 38.1 Å². The van der Waals surface area contributed by atoms with Crippen molar-refractivity contribution in [1.29, 1.82) is 0 Å². The Labute approximate surface area is 86.8 Å². The first kappa shape index (κ1) is 9.43. The van der Waals surface area contributed by atoms with Crippen LogP contribution in [0.3, 0.4) is 0 Å². The van der Waals surface area contributed by atoms with E-state index in [0.717, 1.165) is 23.7 Å². The highest BCUT2D eigenvalue weighted by molar-refractivity contribution is 7.13. The number of hydrogen-bond donors (Lipinski definition) is 1. The maximum Gasteiger partial charge on any atom is 0.236 e. The molecule has 0 saturated carbocycles. The van der Waals surface area contributed by atoms with Gasteiger partial charge in [-0.25, -0.2) is 4.98 Å². The molecule has 1 N–H and O–H groups in total. The van der Waals surface area contributed by atoms with E-state index in [1.54, 1.807) is 17.6 Å². The highest BCUT2D eigenvalue weighted by Gasteiger charge is 2.06. The minimum absolute atomic E-state index is 0.716. The third-order valence-corrected chi connectivity index (χ3v) is 2.70. The van der Waals surface area contributed by atoms with Gasteiger partial charge in [0.05, 0.1) is 10.6 Å². The van der Waals surface area contributed by atoms with E-state index in [2.05, 4.69) is 17.2 Å². The quantitative estimate of drug-likeness (QED) is 0.839. The van der Waals surface area contributed by atoms with E-state index in [1.165, 1.54) is 0 Å². The molecular weight excluding hydrogens is 196 g/mol. The largest absolute Gasteiger partial charge is 0.444 e. The zero-order valence-corrected chi connectivity index (χ0v) is 8.80. The summed E-state index contributed by atoms with van der Waals surface area (Å²) in [5, 5.41) is 5.22. The molecule has 74 valence electrons.